The third-order valence-electron chi connectivity index (χ3n) is 7.67. The van der Waals surface area contributed by atoms with Crippen molar-refractivity contribution in [2.45, 2.75) is 31.8 Å². The van der Waals surface area contributed by atoms with Gasteiger partial charge in [-0.15, -0.1) is 0 Å². The van der Waals surface area contributed by atoms with E-state index in [1.807, 2.05) is 18.0 Å². The number of nitrogens with one attached hydrogen (secondary N) is 2. The first-order valence-electron chi connectivity index (χ1n) is 12.9. The van der Waals surface area contributed by atoms with Gasteiger partial charge in [-0.1, -0.05) is 18.2 Å². The van der Waals surface area contributed by atoms with Crippen LogP contribution in [-0.2, 0) is 13.0 Å². The number of rotatable bonds is 7. The minimum atomic E-state index is -0.383. The molecule has 2 aliphatic heterocycles. The SMILES string of the molecule is CN[C@H]1CCN(c2cc(OC)c(Nc3ncc(C#N)c(-c4cn5c6c(cccc46)CCC5)n3)cc2[N+](=O)[O-])C1. The highest BCUT2D eigenvalue weighted by Gasteiger charge is 2.29. The zero-order valence-corrected chi connectivity index (χ0v) is 21.8. The number of nitrogens with zero attached hydrogens (tertiary/aromatic N) is 6. The van der Waals surface area contributed by atoms with Gasteiger partial charge in [0.1, 0.15) is 17.5 Å². The van der Waals surface area contributed by atoms with Crippen molar-refractivity contribution in [3.8, 4) is 23.1 Å². The molecule has 2 aliphatic rings. The predicted octanol–water partition coefficient (Wildman–Crippen LogP) is 4.37. The number of hydrogen-bond acceptors (Lipinski definition) is 9. The minimum Gasteiger partial charge on any atom is -0.494 e. The van der Waals surface area contributed by atoms with E-state index >= 15 is 0 Å². The molecule has 0 spiro atoms. The number of hydrogen-bond donors (Lipinski definition) is 2. The van der Waals surface area contributed by atoms with Crippen LogP contribution in [0.25, 0.3) is 22.2 Å². The fourth-order valence-corrected chi connectivity index (χ4v) is 5.73. The quantitative estimate of drug-likeness (QED) is 0.267. The van der Waals surface area contributed by atoms with Gasteiger partial charge in [0.15, 0.2) is 0 Å². The van der Waals surface area contributed by atoms with Gasteiger partial charge in [-0.2, -0.15) is 5.26 Å². The van der Waals surface area contributed by atoms with Gasteiger partial charge >= 0.3 is 0 Å². The van der Waals surface area contributed by atoms with Crippen molar-refractivity contribution in [3.05, 3.63) is 64.0 Å². The molecule has 4 heterocycles. The molecule has 0 radical (unpaired) electrons. The standard InChI is InChI=1S/C28H28N8O3/c1-30-19-8-10-34(15-19)23-12-25(39-2)22(11-24(23)36(37)38)32-28-31-14-18(13-29)26(33-28)21-16-35-9-4-6-17-5-3-7-20(21)27(17)35/h3,5,7,11-12,14,16,19,30H,4,6,8-10,15H2,1-2H3,(H,31,32,33)/t19-/m0/s1. The van der Waals surface area contributed by atoms with Crippen molar-refractivity contribution >= 4 is 33.9 Å². The number of likely N-dealkylation sites (N-methyl/N-ethyl adjacent to an activating group) is 1. The normalized spacial score (nSPS) is 16.3. The van der Waals surface area contributed by atoms with Gasteiger partial charge in [0.05, 0.1) is 40.7 Å². The fourth-order valence-electron chi connectivity index (χ4n) is 5.73. The molecular formula is C28H28N8O3. The number of methoxy groups -OCH3 is 1. The van der Waals surface area contributed by atoms with Gasteiger partial charge in [0, 0.05) is 55.0 Å². The Morgan fingerprint density at radius 2 is 2.15 bits per heavy atom. The van der Waals surface area contributed by atoms with E-state index in [2.05, 4.69) is 44.6 Å². The molecule has 1 saturated heterocycles. The molecule has 0 amide bonds. The molecule has 2 N–H and O–H groups in total. The first kappa shape index (κ1) is 24.6. The smallest absolute Gasteiger partial charge is 0.294 e. The number of ether oxygens (including phenoxy) is 1. The average Bonchev–Trinajstić information content (AvgIpc) is 3.59. The van der Waals surface area contributed by atoms with E-state index in [0.717, 1.165) is 36.8 Å². The van der Waals surface area contributed by atoms with E-state index in [1.54, 1.807) is 6.07 Å². The lowest BCUT2D eigenvalue weighted by atomic mass is 10.0. The van der Waals surface area contributed by atoms with E-state index in [1.165, 1.54) is 30.5 Å². The molecule has 0 unspecified atom stereocenters. The monoisotopic (exact) mass is 524 g/mol. The molecule has 0 saturated carbocycles. The maximum Gasteiger partial charge on any atom is 0.294 e. The van der Waals surface area contributed by atoms with Crippen molar-refractivity contribution < 1.29 is 9.66 Å². The number of nitriles is 1. The molecule has 4 aromatic rings. The molecule has 6 rings (SSSR count). The molecule has 11 nitrogen and oxygen atoms in total. The number of benzene rings is 2. The Morgan fingerprint density at radius 1 is 1.28 bits per heavy atom. The highest BCUT2D eigenvalue weighted by molar-refractivity contribution is 5.98. The molecule has 1 fully saturated rings. The molecule has 198 valence electrons. The summed E-state index contributed by atoms with van der Waals surface area (Å²) in [5.74, 6) is 0.651. The average molecular weight is 525 g/mol. The first-order chi connectivity index (χ1) is 19.0. The van der Waals surface area contributed by atoms with Crippen LogP contribution in [0.4, 0.5) is 23.0 Å². The summed E-state index contributed by atoms with van der Waals surface area (Å²) in [7, 11) is 3.42. The van der Waals surface area contributed by atoms with Crippen LogP contribution >= 0.6 is 0 Å². The van der Waals surface area contributed by atoms with Crippen LogP contribution in [0.1, 0.15) is 24.0 Å². The molecule has 1 atom stereocenters. The summed E-state index contributed by atoms with van der Waals surface area (Å²) in [5.41, 5.74) is 5.03. The Hall–Kier alpha value is -4.69. The molecule has 39 heavy (non-hydrogen) atoms. The largest absolute Gasteiger partial charge is 0.494 e. The van der Waals surface area contributed by atoms with Gasteiger partial charge in [-0.3, -0.25) is 10.1 Å². The Morgan fingerprint density at radius 3 is 2.90 bits per heavy atom. The topological polar surface area (TPSA) is 134 Å². The maximum absolute atomic E-state index is 12.1. The first-order valence-corrected chi connectivity index (χ1v) is 12.9. The van der Waals surface area contributed by atoms with E-state index in [4.69, 9.17) is 9.72 Å². The minimum absolute atomic E-state index is 0.0297. The van der Waals surface area contributed by atoms with E-state index in [-0.39, 0.29) is 22.6 Å². The lowest BCUT2D eigenvalue weighted by molar-refractivity contribution is -0.384. The summed E-state index contributed by atoms with van der Waals surface area (Å²) in [6, 6.07) is 11.9. The zero-order chi connectivity index (χ0) is 27.1. The Balaban J connectivity index is 1.41. The number of anilines is 3. The lowest BCUT2D eigenvalue weighted by Crippen LogP contribution is -2.29. The van der Waals surface area contributed by atoms with Crippen LogP contribution in [0.5, 0.6) is 5.75 Å². The number of aryl methyl sites for hydroxylation is 2. The second kappa shape index (κ2) is 9.89. The van der Waals surface area contributed by atoms with Crippen LogP contribution < -0.4 is 20.3 Å². The molecule has 2 aromatic carbocycles. The van der Waals surface area contributed by atoms with E-state index in [9.17, 15) is 15.4 Å². The van der Waals surface area contributed by atoms with Gasteiger partial charge < -0.3 is 24.8 Å². The van der Waals surface area contributed by atoms with Crippen LogP contribution in [0.3, 0.4) is 0 Å². The lowest BCUT2D eigenvalue weighted by Gasteiger charge is -2.21. The van der Waals surface area contributed by atoms with Crippen molar-refractivity contribution in [1.82, 2.24) is 19.9 Å². The van der Waals surface area contributed by atoms with Crippen molar-refractivity contribution in [1.29, 1.82) is 5.26 Å². The molecule has 11 heteroatoms. The summed E-state index contributed by atoms with van der Waals surface area (Å²) >= 11 is 0. The summed E-state index contributed by atoms with van der Waals surface area (Å²) in [6.07, 6.45) is 6.51. The highest BCUT2D eigenvalue weighted by Crippen LogP contribution is 2.41. The Kier molecular flexibility index (Phi) is 6.24. The van der Waals surface area contributed by atoms with Gasteiger partial charge in [0.25, 0.3) is 5.69 Å². The van der Waals surface area contributed by atoms with Crippen LogP contribution in [-0.4, -0.2) is 52.7 Å². The Bertz CT molecular complexity index is 1640. The van der Waals surface area contributed by atoms with Gasteiger partial charge in [0.2, 0.25) is 5.95 Å². The second-order valence-electron chi connectivity index (χ2n) is 9.86. The van der Waals surface area contributed by atoms with Gasteiger partial charge in [-0.25, -0.2) is 9.97 Å². The molecular weight excluding hydrogens is 496 g/mol. The van der Waals surface area contributed by atoms with Crippen molar-refractivity contribution in [3.63, 3.8) is 0 Å². The van der Waals surface area contributed by atoms with Crippen molar-refractivity contribution in [2.24, 2.45) is 0 Å². The van der Waals surface area contributed by atoms with Crippen LogP contribution in [0, 0.1) is 21.4 Å². The van der Waals surface area contributed by atoms with Crippen LogP contribution in [0.15, 0.2) is 42.7 Å². The number of para-hydroxylation sites is 1. The maximum atomic E-state index is 12.1. The Labute approximate surface area is 225 Å². The summed E-state index contributed by atoms with van der Waals surface area (Å²) in [4.78, 5) is 22.8. The van der Waals surface area contributed by atoms with Gasteiger partial charge in [-0.05, 0) is 31.9 Å². The van der Waals surface area contributed by atoms with E-state index < -0.39 is 0 Å². The summed E-state index contributed by atoms with van der Waals surface area (Å²) in [6.45, 7) is 2.29. The predicted molar refractivity (Wildman–Crippen MR) is 149 cm³/mol. The molecule has 2 aromatic heterocycles. The van der Waals surface area contributed by atoms with Crippen molar-refractivity contribution in [2.75, 3.05) is 37.5 Å². The third-order valence-corrected chi connectivity index (χ3v) is 7.67. The molecule has 0 aliphatic carbocycles. The number of aromatic nitrogens is 3. The summed E-state index contributed by atoms with van der Waals surface area (Å²) < 4.78 is 7.85. The zero-order valence-electron chi connectivity index (χ0n) is 21.8. The number of nitro benzene ring substituents is 1. The third kappa shape index (κ3) is 4.28. The second-order valence-corrected chi connectivity index (χ2v) is 9.86. The molecule has 0 bridgehead atoms. The van der Waals surface area contributed by atoms with Crippen LogP contribution in [0.2, 0.25) is 0 Å². The number of nitro groups is 1. The van der Waals surface area contributed by atoms with E-state index in [0.29, 0.717) is 41.5 Å². The highest BCUT2D eigenvalue weighted by atomic mass is 16.6. The summed E-state index contributed by atoms with van der Waals surface area (Å²) in [5, 5.41) is 29.3. The fraction of sp³-hybridized carbons (Fsp3) is 0.321.